The summed E-state index contributed by atoms with van der Waals surface area (Å²) < 4.78 is 0.241. The van der Waals surface area contributed by atoms with E-state index in [0.29, 0.717) is 5.69 Å². The third kappa shape index (κ3) is 3.45. The molecule has 1 fully saturated rings. The normalized spacial score (nSPS) is 17.7. The van der Waals surface area contributed by atoms with Gasteiger partial charge in [-0.2, -0.15) is 11.8 Å². The van der Waals surface area contributed by atoms with Crippen molar-refractivity contribution >= 4 is 23.4 Å². The van der Waals surface area contributed by atoms with E-state index >= 15 is 0 Å². The van der Waals surface area contributed by atoms with E-state index in [0.717, 1.165) is 12.2 Å². The number of carboxylic acids is 1. The first-order chi connectivity index (χ1) is 9.56. The smallest absolute Gasteiger partial charge is 0.339 e. The van der Waals surface area contributed by atoms with E-state index in [-0.39, 0.29) is 10.3 Å². The number of hydrogen-bond donors (Lipinski definition) is 2. The summed E-state index contributed by atoms with van der Waals surface area (Å²) in [5.74, 6) is -0.929. The molecule has 0 aliphatic heterocycles. The van der Waals surface area contributed by atoms with Crippen LogP contribution in [0.25, 0.3) is 0 Å². The lowest BCUT2D eigenvalue weighted by molar-refractivity contribution is 0.0697. The molecule has 1 aliphatic rings. The molecule has 110 valence electrons. The molecular formula is C15H22N2O2S. The Kier molecular flexibility index (Phi) is 4.91. The average molecular weight is 294 g/mol. The van der Waals surface area contributed by atoms with Crippen molar-refractivity contribution < 1.29 is 9.90 Å². The Morgan fingerprint density at radius 2 is 2.15 bits per heavy atom. The summed E-state index contributed by atoms with van der Waals surface area (Å²) >= 11 is 1.91. The fourth-order valence-electron chi connectivity index (χ4n) is 2.78. The summed E-state index contributed by atoms with van der Waals surface area (Å²) in [6.45, 7) is 2.69. The van der Waals surface area contributed by atoms with E-state index in [1.807, 2.05) is 24.8 Å². The molecule has 2 N–H and O–H groups in total. The van der Waals surface area contributed by atoms with Crippen LogP contribution in [0.15, 0.2) is 12.3 Å². The third-order valence-electron chi connectivity index (χ3n) is 4.07. The van der Waals surface area contributed by atoms with Crippen molar-refractivity contribution in [2.75, 3.05) is 18.1 Å². The van der Waals surface area contributed by atoms with Gasteiger partial charge in [0.05, 0.1) is 5.69 Å². The zero-order chi connectivity index (χ0) is 14.6. The Hall–Kier alpha value is -1.23. The molecule has 0 saturated heterocycles. The topological polar surface area (TPSA) is 62.2 Å². The highest BCUT2D eigenvalue weighted by molar-refractivity contribution is 8.00. The molecule has 5 heteroatoms. The second kappa shape index (κ2) is 6.48. The SMILES string of the molecule is CSC1(CNc2cc(C)ncc2C(=O)O)CCCCC1. The van der Waals surface area contributed by atoms with Crippen LogP contribution in [0.2, 0.25) is 0 Å². The number of aromatic nitrogens is 1. The van der Waals surface area contributed by atoms with Crippen LogP contribution in [-0.4, -0.2) is 33.6 Å². The van der Waals surface area contributed by atoms with Crippen LogP contribution in [0, 0.1) is 6.92 Å². The number of pyridine rings is 1. The van der Waals surface area contributed by atoms with E-state index in [1.165, 1.54) is 38.3 Å². The van der Waals surface area contributed by atoms with Crippen molar-refractivity contribution in [2.45, 2.75) is 43.8 Å². The van der Waals surface area contributed by atoms with Gasteiger partial charge in [0, 0.05) is 23.2 Å². The molecule has 0 radical (unpaired) electrons. The van der Waals surface area contributed by atoms with Crippen LogP contribution in [0.4, 0.5) is 5.69 Å². The van der Waals surface area contributed by atoms with Crippen molar-refractivity contribution in [1.82, 2.24) is 4.98 Å². The van der Waals surface area contributed by atoms with Gasteiger partial charge in [0.15, 0.2) is 0 Å². The van der Waals surface area contributed by atoms with E-state index in [4.69, 9.17) is 0 Å². The van der Waals surface area contributed by atoms with Gasteiger partial charge in [0.1, 0.15) is 5.56 Å². The number of thioether (sulfide) groups is 1. The summed E-state index contributed by atoms with van der Waals surface area (Å²) in [5, 5.41) is 12.6. The third-order valence-corrected chi connectivity index (χ3v) is 5.49. The Morgan fingerprint density at radius 3 is 2.75 bits per heavy atom. The monoisotopic (exact) mass is 294 g/mol. The molecule has 0 amide bonds. The first-order valence-corrected chi connectivity index (χ1v) is 8.28. The molecule has 0 aromatic carbocycles. The van der Waals surface area contributed by atoms with Gasteiger partial charge >= 0.3 is 5.97 Å². The van der Waals surface area contributed by atoms with E-state index in [2.05, 4.69) is 16.6 Å². The number of nitrogens with zero attached hydrogens (tertiary/aromatic N) is 1. The van der Waals surface area contributed by atoms with Gasteiger partial charge in [-0.05, 0) is 32.1 Å². The summed E-state index contributed by atoms with van der Waals surface area (Å²) in [5.41, 5.74) is 1.77. The minimum absolute atomic E-state index is 0.241. The summed E-state index contributed by atoms with van der Waals surface area (Å²) in [4.78, 5) is 15.3. The zero-order valence-corrected chi connectivity index (χ0v) is 12.9. The molecule has 0 unspecified atom stereocenters. The Bertz CT molecular complexity index is 485. The van der Waals surface area contributed by atoms with Crippen LogP contribution < -0.4 is 5.32 Å². The minimum atomic E-state index is -0.929. The highest BCUT2D eigenvalue weighted by Gasteiger charge is 2.31. The number of nitrogens with one attached hydrogen (secondary N) is 1. The van der Waals surface area contributed by atoms with Crippen LogP contribution in [0.5, 0.6) is 0 Å². The fraction of sp³-hybridized carbons (Fsp3) is 0.600. The molecule has 0 spiro atoms. The molecule has 2 rings (SSSR count). The predicted molar refractivity (Wildman–Crippen MR) is 83.8 cm³/mol. The van der Waals surface area contributed by atoms with Gasteiger partial charge < -0.3 is 10.4 Å². The lowest BCUT2D eigenvalue weighted by Gasteiger charge is -2.36. The van der Waals surface area contributed by atoms with Crippen molar-refractivity contribution in [1.29, 1.82) is 0 Å². The number of anilines is 1. The lowest BCUT2D eigenvalue weighted by atomic mass is 9.88. The number of aromatic carboxylic acids is 1. The average Bonchev–Trinajstić information content (AvgIpc) is 2.46. The van der Waals surface area contributed by atoms with Crippen molar-refractivity contribution in [3.05, 3.63) is 23.5 Å². The molecule has 0 bridgehead atoms. The van der Waals surface area contributed by atoms with Gasteiger partial charge in [-0.3, -0.25) is 4.98 Å². The van der Waals surface area contributed by atoms with Gasteiger partial charge in [0.25, 0.3) is 0 Å². The Balaban J connectivity index is 2.13. The number of carboxylic acid groups (broad SMARTS) is 1. The molecule has 20 heavy (non-hydrogen) atoms. The second-order valence-electron chi connectivity index (χ2n) is 5.48. The molecule has 1 aliphatic carbocycles. The van der Waals surface area contributed by atoms with E-state index in [9.17, 15) is 9.90 Å². The van der Waals surface area contributed by atoms with E-state index < -0.39 is 5.97 Å². The van der Waals surface area contributed by atoms with Crippen molar-refractivity contribution in [2.24, 2.45) is 0 Å². The molecule has 1 saturated carbocycles. The van der Waals surface area contributed by atoms with Crippen molar-refractivity contribution in [3.63, 3.8) is 0 Å². The molecule has 1 aromatic rings. The summed E-state index contributed by atoms with van der Waals surface area (Å²) in [7, 11) is 0. The number of hydrogen-bond acceptors (Lipinski definition) is 4. The van der Waals surface area contributed by atoms with Gasteiger partial charge in [0.2, 0.25) is 0 Å². The highest BCUT2D eigenvalue weighted by atomic mass is 32.2. The maximum Gasteiger partial charge on any atom is 0.339 e. The molecule has 1 aromatic heterocycles. The summed E-state index contributed by atoms with van der Waals surface area (Å²) in [6.07, 6.45) is 9.85. The fourth-order valence-corrected chi connectivity index (χ4v) is 3.70. The number of carbonyl (C=O) groups is 1. The van der Waals surface area contributed by atoms with Crippen LogP contribution >= 0.6 is 11.8 Å². The van der Waals surface area contributed by atoms with E-state index in [1.54, 1.807) is 0 Å². The van der Waals surface area contributed by atoms with Gasteiger partial charge in [-0.25, -0.2) is 4.79 Å². The second-order valence-corrected chi connectivity index (χ2v) is 6.75. The summed E-state index contributed by atoms with van der Waals surface area (Å²) in [6, 6.07) is 1.82. The first kappa shape index (κ1) is 15.2. The predicted octanol–water partition coefficient (Wildman–Crippen LogP) is 3.57. The van der Waals surface area contributed by atoms with Crippen LogP contribution in [0.1, 0.15) is 48.2 Å². The quantitative estimate of drug-likeness (QED) is 0.869. The maximum absolute atomic E-state index is 11.2. The molecule has 1 heterocycles. The maximum atomic E-state index is 11.2. The van der Waals surface area contributed by atoms with Gasteiger partial charge in [-0.15, -0.1) is 0 Å². The Labute approximate surface area is 124 Å². The Morgan fingerprint density at radius 1 is 1.45 bits per heavy atom. The number of aryl methyl sites for hydroxylation is 1. The minimum Gasteiger partial charge on any atom is -0.478 e. The molecule has 4 nitrogen and oxygen atoms in total. The first-order valence-electron chi connectivity index (χ1n) is 7.05. The number of rotatable bonds is 5. The molecular weight excluding hydrogens is 272 g/mol. The van der Waals surface area contributed by atoms with Crippen molar-refractivity contribution in [3.8, 4) is 0 Å². The molecule has 0 atom stereocenters. The van der Waals surface area contributed by atoms with Gasteiger partial charge in [-0.1, -0.05) is 19.3 Å². The van der Waals surface area contributed by atoms with Crippen LogP contribution in [0.3, 0.4) is 0 Å². The van der Waals surface area contributed by atoms with Crippen LogP contribution in [-0.2, 0) is 0 Å². The standard InChI is InChI=1S/C15H22N2O2S/c1-11-8-13(12(9-16-11)14(18)19)17-10-15(20-2)6-4-3-5-7-15/h8-9H,3-7,10H2,1-2H3,(H,16,17)(H,18,19). The highest BCUT2D eigenvalue weighted by Crippen LogP contribution is 2.38. The lowest BCUT2D eigenvalue weighted by Crippen LogP contribution is -2.35. The zero-order valence-electron chi connectivity index (χ0n) is 12.1. The largest absolute Gasteiger partial charge is 0.478 e.